The smallest absolute Gasteiger partial charge is 0.312 e. The van der Waals surface area contributed by atoms with E-state index in [9.17, 15) is 9.59 Å². The molecule has 2 bridgehead atoms. The Morgan fingerprint density at radius 2 is 1.83 bits per heavy atom. The molecule has 0 radical (unpaired) electrons. The number of fused-ring (bicyclic) bond motifs is 2. The molecule has 0 aromatic rings. The van der Waals surface area contributed by atoms with E-state index in [0.717, 1.165) is 12.8 Å². The zero-order valence-corrected chi connectivity index (χ0v) is 11.6. The van der Waals surface area contributed by atoms with Gasteiger partial charge in [-0.2, -0.15) is 0 Å². The highest BCUT2D eigenvalue weighted by Crippen LogP contribution is 2.62. The van der Waals surface area contributed by atoms with E-state index < -0.39 is 5.41 Å². The van der Waals surface area contributed by atoms with Crippen LogP contribution in [-0.2, 0) is 19.1 Å². The molecule has 4 nitrogen and oxygen atoms in total. The molecule has 0 aromatic heterocycles. The number of carbonyl (C=O) groups is 2. The average Bonchev–Trinajstić information content (AvgIpc) is 2.87. The first-order valence-electron chi connectivity index (χ1n) is 6.61. The van der Waals surface area contributed by atoms with Crippen LogP contribution in [0.1, 0.15) is 33.1 Å². The van der Waals surface area contributed by atoms with E-state index in [1.165, 1.54) is 14.2 Å². The minimum atomic E-state index is -0.640. The number of hydrogen-bond acceptors (Lipinski definition) is 4. The van der Waals surface area contributed by atoms with Crippen molar-refractivity contribution >= 4 is 11.9 Å². The number of rotatable bonds is 3. The van der Waals surface area contributed by atoms with Gasteiger partial charge in [-0.3, -0.25) is 9.59 Å². The summed E-state index contributed by atoms with van der Waals surface area (Å²) in [4.78, 5) is 23.8. The predicted octanol–water partition coefficient (Wildman–Crippen LogP) is 2.02. The van der Waals surface area contributed by atoms with Gasteiger partial charge in [-0.1, -0.05) is 13.8 Å². The largest absolute Gasteiger partial charge is 0.469 e. The maximum atomic E-state index is 12.2. The number of carbonyl (C=O) groups excluding carboxylic acids is 2. The molecule has 5 unspecified atom stereocenters. The van der Waals surface area contributed by atoms with Crippen LogP contribution >= 0.6 is 0 Å². The standard InChI is InChI=1S/C14H22O4/c1-8-9(2)11-5-10(8)6-14(11,13(16)18-4)7-12(15)17-3/h8-11H,5-7H2,1-4H3. The maximum absolute atomic E-state index is 12.2. The van der Waals surface area contributed by atoms with Crippen molar-refractivity contribution < 1.29 is 19.1 Å². The molecule has 0 aliphatic heterocycles. The molecule has 0 N–H and O–H groups in total. The van der Waals surface area contributed by atoms with E-state index >= 15 is 0 Å². The van der Waals surface area contributed by atoms with Crippen LogP contribution in [0, 0.1) is 29.1 Å². The molecule has 4 heteroatoms. The van der Waals surface area contributed by atoms with Gasteiger partial charge in [0.2, 0.25) is 0 Å². The number of ether oxygens (including phenoxy) is 2. The third kappa shape index (κ3) is 1.73. The van der Waals surface area contributed by atoms with Crippen LogP contribution in [0.2, 0.25) is 0 Å². The van der Waals surface area contributed by atoms with E-state index in [-0.39, 0.29) is 24.3 Å². The van der Waals surface area contributed by atoms with Crippen LogP contribution in [0.4, 0.5) is 0 Å². The number of esters is 2. The number of hydrogen-bond donors (Lipinski definition) is 0. The van der Waals surface area contributed by atoms with Gasteiger partial charge in [0.15, 0.2) is 0 Å². The summed E-state index contributed by atoms with van der Waals surface area (Å²) in [6, 6.07) is 0. The summed E-state index contributed by atoms with van der Waals surface area (Å²) in [5.74, 6) is 1.34. The molecule has 0 aromatic carbocycles. The molecule has 2 saturated carbocycles. The molecular weight excluding hydrogens is 232 g/mol. The van der Waals surface area contributed by atoms with Crippen LogP contribution in [0.5, 0.6) is 0 Å². The molecule has 2 fully saturated rings. The molecule has 2 rings (SSSR count). The SMILES string of the molecule is COC(=O)CC1(C(=O)OC)CC2CC1C(C)C2C. The summed E-state index contributed by atoms with van der Waals surface area (Å²) in [6.07, 6.45) is 1.97. The van der Waals surface area contributed by atoms with Crippen molar-refractivity contribution in [2.45, 2.75) is 33.1 Å². The Morgan fingerprint density at radius 3 is 2.28 bits per heavy atom. The highest BCUT2D eigenvalue weighted by atomic mass is 16.5. The lowest BCUT2D eigenvalue weighted by atomic mass is 9.64. The second-order valence-electron chi connectivity index (χ2n) is 5.93. The monoisotopic (exact) mass is 254 g/mol. The summed E-state index contributed by atoms with van der Waals surface area (Å²) in [5, 5.41) is 0. The van der Waals surface area contributed by atoms with Crippen LogP contribution < -0.4 is 0 Å². The van der Waals surface area contributed by atoms with Gasteiger partial charge in [0.1, 0.15) is 0 Å². The first-order chi connectivity index (χ1) is 8.46. The molecule has 0 heterocycles. The van der Waals surface area contributed by atoms with Gasteiger partial charge in [-0.15, -0.1) is 0 Å². The summed E-state index contributed by atoms with van der Waals surface area (Å²) in [6.45, 7) is 4.43. The second kappa shape index (κ2) is 4.56. The van der Waals surface area contributed by atoms with Gasteiger partial charge in [-0.05, 0) is 36.5 Å². The van der Waals surface area contributed by atoms with Crippen LogP contribution in [0.15, 0.2) is 0 Å². The first kappa shape index (κ1) is 13.4. The highest BCUT2D eigenvalue weighted by molar-refractivity contribution is 5.84. The topological polar surface area (TPSA) is 52.6 Å². The third-order valence-corrected chi connectivity index (χ3v) is 5.38. The fourth-order valence-electron chi connectivity index (χ4n) is 4.21. The minimum Gasteiger partial charge on any atom is -0.469 e. The molecule has 18 heavy (non-hydrogen) atoms. The van der Waals surface area contributed by atoms with Gasteiger partial charge in [0.25, 0.3) is 0 Å². The van der Waals surface area contributed by atoms with Gasteiger partial charge in [0.05, 0.1) is 26.1 Å². The molecule has 102 valence electrons. The Kier molecular flexibility index (Phi) is 3.39. The Bertz CT molecular complexity index is 363. The van der Waals surface area contributed by atoms with E-state index in [4.69, 9.17) is 9.47 Å². The zero-order chi connectivity index (χ0) is 13.5. The van der Waals surface area contributed by atoms with Gasteiger partial charge >= 0.3 is 11.9 Å². The fraction of sp³-hybridized carbons (Fsp3) is 0.857. The summed E-state index contributed by atoms with van der Waals surface area (Å²) < 4.78 is 9.73. The molecule has 0 spiro atoms. The normalized spacial score (nSPS) is 41.8. The van der Waals surface area contributed by atoms with Crippen molar-refractivity contribution in [1.29, 1.82) is 0 Å². The Morgan fingerprint density at radius 1 is 1.17 bits per heavy atom. The van der Waals surface area contributed by atoms with Crippen LogP contribution in [-0.4, -0.2) is 26.2 Å². The lowest BCUT2D eigenvalue weighted by Gasteiger charge is -2.40. The van der Waals surface area contributed by atoms with Crippen molar-refractivity contribution in [1.82, 2.24) is 0 Å². The van der Waals surface area contributed by atoms with E-state index in [0.29, 0.717) is 17.8 Å². The second-order valence-corrected chi connectivity index (χ2v) is 5.93. The quantitative estimate of drug-likeness (QED) is 0.723. The van der Waals surface area contributed by atoms with Gasteiger partial charge < -0.3 is 9.47 Å². The number of methoxy groups -OCH3 is 2. The van der Waals surface area contributed by atoms with E-state index in [1.54, 1.807) is 0 Å². The molecule has 0 amide bonds. The third-order valence-electron chi connectivity index (χ3n) is 5.38. The first-order valence-corrected chi connectivity index (χ1v) is 6.61. The van der Waals surface area contributed by atoms with Crippen LogP contribution in [0.3, 0.4) is 0 Å². The van der Waals surface area contributed by atoms with Crippen molar-refractivity contribution in [3.05, 3.63) is 0 Å². The minimum absolute atomic E-state index is 0.161. The van der Waals surface area contributed by atoms with Crippen molar-refractivity contribution in [3.63, 3.8) is 0 Å². The van der Waals surface area contributed by atoms with Crippen molar-refractivity contribution in [2.75, 3.05) is 14.2 Å². The molecule has 2 aliphatic carbocycles. The van der Waals surface area contributed by atoms with Crippen molar-refractivity contribution in [2.24, 2.45) is 29.1 Å². The summed E-state index contributed by atoms with van der Waals surface area (Å²) >= 11 is 0. The van der Waals surface area contributed by atoms with Gasteiger partial charge in [-0.25, -0.2) is 0 Å². The predicted molar refractivity (Wildman–Crippen MR) is 65.6 cm³/mol. The summed E-state index contributed by atoms with van der Waals surface area (Å²) in [7, 11) is 2.77. The zero-order valence-electron chi connectivity index (χ0n) is 11.6. The van der Waals surface area contributed by atoms with E-state index in [1.807, 2.05) is 0 Å². The molecule has 2 aliphatic rings. The lowest BCUT2D eigenvalue weighted by Crippen LogP contribution is -2.44. The Labute approximate surface area is 108 Å². The molecule has 0 saturated heterocycles. The summed E-state index contributed by atoms with van der Waals surface area (Å²) in [5.41, 5.74) is -0.640. The van der Waals surface area contributed by atoms with E-state index in [2.05, 4.69) is 13.8 Å². The highest BCUT2D eigenvalue weighted by Gasteiger charge is 2.62. The average molecular weight is 254 g/mol. The van der Waals surface area contributed by atoms with Crippen molar-refractivity contribution in [3.8, 4) is 0 Å². The Hall–Kier alpha value is -1.06. The lowest BCUT2D eigenvalue weighted by molar-refractivity contribution is -0.165. The van der Waals surface area contributed by atoms with Crippen LogP contribution in [0.25, 0.3) is 0 Å². The maximum Gasteiger partial charge on any atom is 0.312 e. The Balaban J connectivity index is 2.29. The van der Waals surface area contributed by atoms with Gasteiger partial charge in [0, 0.05) is 0 Å². The molecular formula is C14H22O4. The fourth-order valence-corrected chi connectivity index (χ4v) is 4.21. The molecule has 5 atom stereocenters.